The third kappa shape index (κ3) is 4.49. The van der Waals surface area contributed by atoms with Crippen molar-refractivity contribution in [2.45, 2.75) is 13.8 Å². The maximum absolute atomic E-state index is 4.76. The number of aromatic nitrogens is 2. The number of rotatable bonds is 0. The monoisotopic (exact) mass is 232 g/mol. The van der Waals surface area contributed by atoms with Crippen LogP contribution >= 0.6 is 23.2 Å². The normalized spacial score (nSPS) is 8.29. The van der Waals surface area contributed by atoms with Crippen LogP contribution in [0.25, 0.3) is 10.9 Å². The number of hydrogen-bond donors (Lipinski definition) is 1. The van der Waals surface area contributed by atoms with E-state index in [-0.39, 0.29) is 5.34 Å². The molecule has 0 radical (unpaired) electrons. The Hall–Kier alpha value is -0.730. The molecule has 0 amide bonds. The van der Waals surface area contributed by atoms with E-state index in [4.69, 9.17) is 23.2 Å². The Kier molecular flexibility index (Phi) is 8.39. The first-order valence-corrected chi connectivity index (χ1v) is 5.44. The van der Waals surface area contributed by atoms with Gasteiger partial charge in [0.15, 0.2) is 0 Å². The molecule has 0 spiro atoms. The van der Waals surface area contributed by atoms with Crippen molar-refractivity contribution < 1.29 is 0 Å². The molecule has 2 rings (SSSR count). The van der Waals surface area contributed by atoms with E-state index < -0.39 is 0 Å². The third-order valence-corrected chi connectivity index (χ3v) is 1.36. The molecular formula is C10H14Cl2N2. The van der Waals surface area contributed by atoms with Crippen molar-refractivity contribution in [1.82, 2.24) is 9.97 Å². The van der Waals surface area contributed by atoms with Gasteiger partial charge in [0.05, 0.1) is 17.1 Å². The molecule has 2 aromatic rings. The molecule has 0 bridgehead atoms. The van der Waals surface area contributed by atoms with E-state index in [0.29, 0.717) is 0 Å². The highest BCUT2D eigenvalue weighted by Gasteiger charge is 1.87. The Labute approximate surface area is 94.3 Å². The molecule has 0 atom stereocenters. The largest absolute Gasteiger partial charge is 0.360 e. The number of aromatic amines is 1. The summed E-state index contributed by atoms with van der Waals surface area (Å²) in [6.07, 6.45) is 5.51. The van der Waals surface area contributed by atoms with Crippen LogP contribution in [0.15, 0.2) is 30.7 Å². The summed E-state index contributed by atoms with van der Waals surface area (Å²) in [6.45, 7) is 4.00. The fraction of sp³-hybridized carbons (Fsp3) is 0.300. The highest BCUT2D eigenvalue weighted by atomic mass is 35.5. The second kappa shape index (κ2) is 8.85. The first-order valence-electron chi connectivity index (χ1n) is 4.37. The summed E-state index contributed by atoms with van der Waals surface area (Å²) in [5, 5.41) is 1.41. The van der Waals surface area contributed by atoms with E-state index in [0.717, 1.165) is 5.52 Å². The van der Waals surface area contributed by atoms with Gasteiger partial charge in [-0.1, -0.05) is 13.8 Å². The van der Waals surface area contributed by atoms with E-state index in [1.165, 1.54) is 5.39 Å². The van der Waals surface area contributed by atoms with Gasteiger partial charge in [0, 0.05) is 17.8 Å². The predicted octanol–water partition coefficient (Wildman–Crippen LogP) is 4.01. The number of alkyl halides is 2. The van der Waals surface area contributed by atoms with Crippen LogP contribution in [0.2, 0.25) is 0 Å². The summed E-state index contributed by atoms with van der Waals surface area (Å²) in [4.78, 5) is 7.01. The minimum absolute atomic E-state index is 0.194. The number of halogens is 2. The summed E-state index contributed by atoms with van der Waals surface area (Å²) in [7, 11) is 0. The van der Waals surface area contributed by atoms with Gasteiger partial charge in [-0.25, -0.2) is 0 Å². The van der Waals surface area contributed by atoms with Crippen molar-refractivity contribution in [1.29, 1.82) is 0 Å². The zero-order valence-electron chi connectivity index (χ0n) is 8.30. The number of nitrogens with zero attached hydrogens (tertiary/aromatic N) is 1. The average Bonchev–Trinajstić information content (AvgIpc) is 2.69. The minimum atomic E-state index is 0.194. The van der Waals surface area contributed by atoms with Crippen molar-refractivity contribution in [3.05, 3.63) is 30.7 Å². The van der Waals surface area contributed by atoms with Gasteiger partial charge in [-0.05, 0) is 12.1 Å². The van der Waals surface area contributed by atoms with Crippen molar-refractivity contribution in [3.63, 3.8) is 0 Å². The number of H-pyrrole nitrogens is 1. The second-order valence-electron chi connectivity index (χ2n) is 2.04. The summed E-state index contributed by atoms with van der Waals surface area (Å²) in [6, 6.07) is 4.00. The van der Waals surface area contributed by atoms with Crippen LogP contribution in [0.3, 0.4) is 0 Å². The minimum Gasteiger partial charge on any atom is -0.360 e. The summed E-state index contributed by atoms with van der Waals surface area (Å²) in [5.74, 6) is 0. The summed E-state index contributed by atoms with van der Waals surface area (Å²) >= 11 is 9.53. The Balaban J connectivity index is 0.000000294. The van der Waals surface area contributed by atoms with Crippen molar-refractivity contribution in [3.8, 4) is 0 Å². The molecular weight excluding hydrogens is 219 g/mol. The smallest absolute Gasteiger partial charge is 0.0967 e. The zero-order valence-corrected chi connectivity index (χ0v) is 9.81. The molecule has 78 valence electrons. The maximum Gasteiger partial charge on any atom is 0.0967 e. The first-order chi connectivity index (χ1) is 6.88. The summed E-state index contributed by atoms with van der Waals surface area (Å²) < 4.78 is 0. The fourth-order valence-corrected chi connectivity index (χ4v) is 0.892. The van der Waals surface area contributed by atoms with Gasteiger partial charge >= 0.3 is 0 Å². The Morgan fingerprint density at radius 2 is 1.93 bits per heavy atom. The topological polar surface area (TPSA) is 28.7 Å². The van der Waals surface area contributed by atoms with E-state index in [1.807, 2.05) is 38.4 Å². The SMILES string of the molecule is CC.ClCCl.c1cc2cc[nH]c2cn1. The molecule has 2 nitrogen and oxygen atoms in total. The molecule has 0 aliphatic heterocycles. The molecule has 2 aromatic heterocycles. The standard InChI is InChI=1S/C7H6N2.C2H6.CH2Cl2/c1-3-8-5-7-6(1)2-4-9-7;1-2;2-1-3/h1-5,9H;1-2H3;1H2. The maximum atomic E-state index is 4.76. The molecule has 0 fully saturated rings. The molecule has 14 heavy (non-hydrogen) atoms. The number of nitrogens with one attached hydrogen (secondary N) is 1. The number of fused-ring (bicyclic) bond motifs is 1. The van der Waals surface area contributed by atoms with Gasteiger partial charge in [-0.3, -0.25) is 4.98 Å². The van der Waals surface area contributed by atoms with Crippen LogP contribution in [0, 0.1) is 0 Å². The van der Waals surface area contributed by atoms with Crippen LogP contribution < -0.4 is 0 Å². The predicted molar refractivity (Wildman–Crippen MR) is 64.0 cm³/mol. The first kappa shape index (κ1) is 13.3. The van der Waals surface area contributed by atoms with Crippen LogP contribution in [0.4, 0.5) is 0 Å². The van der Waals surface area contributed by atoms with Crippen molar-refractivity contribution in [2.75, 3.05) is 5.34 Å². The molecule has 0 aliphatic carbocycles. The molecule has 0 aliphatic rings. The molecule has 2 heterocycles. The van der Waals surface area contributed by atoms with Crippen molar-refractivity contribution >= 4 is 34.1 Å². The molecule has 4 heteroatoms. The van der Waals surface area contributed by atoms with Gasteiger partial charge in [0.2, 0.25) is 0 Å². The van der Waals surface area contributed by atoms with Crippen molar-refractivity contribution in [2.24, 2.45) is 0 Å². The Bertz CT molecular complexity index is 303. The molecule has 0 saturated carbocycles. The molecule has 1 N–H and O–H groups in total. The number of pyridine rings is 1. The van der Waals surface area contributed by atoms with Gasteiger partial charge in [-0.2, -0.15) is 0 Å². The lowest BCUT2D eigenvalue weighted by atomic mass is 10.3. The van der Waals surface area contributed by atoms with E-state index in [9.17, 15) is 0 Å². The lowest BCUT2D eigenvalue weighted by molar-refractivity contribution is 1.34. The quantitative estimate of drug-likeness (QED) is 0.684. The lowest BCUT2D eigenvalue weighted by Crippen LogP contribution is -1.68. The lowest BCUT2D eigenvalue weighted by Gasteiger charge is -1.82. The van der Waals surface area contributed by atoms with Gasteiger partial charge in [0.1, 0.15) is 0 Å². The van der Waals surface area contributed by atoms with Crippen LogP contribution in [-0.4, -0.2) is 15.3 Å². The summed E-state index contributed by atoms with van der Waals surface area (Å²) in [5.41, 5.74) is 1.09. The third-order valence-electron chi connectivity index (χ3n) is 1.36. The van der Waals surface area contributed by atoms with Crippen LogP contribution in [0.5, 0.6) is 0 Å². The highest BCUT2D eigenvalue weighted by Crippen LogP contribution is 2.07. The van der Waals surface area contributed by atoms with E-state index in [2.05, 4.69) is 9.97 Å². The van der Waals surface area contributed by atoms with Crippen LogP contribution in [0.1, 0.15) is 13.8 Å². The van der Waals surface area contributed by atoms with Crippen LogP contribution in [-0.2, 0) is 0 Å². The second-order valence-corrected chi connectivity index (χ2v) is 2.85. The molecule has 0 aromatic carbocycles. The van der Waals surface area contributed by atoms with Gasteiger partial charge in [0.25, 0.3) is 0 Å². The zero-order chi connectivity index (χ0) is 10.8. The number of hydrogen-bond acceptors (Lipinski definition) is 1. The molecule has 0 saturated heterocycles. The Morgan fingerprint density at radius 3 is 2.50 bits per heavy atom. The van der Waals surface area contributed by atoms with E-state index >= 15 is 0 Å². The average molecular weight is 233 g/mol. The fourth-order valence-electron chi connectivity index (χ4n) is 0.892. The highest BCUT2D eigenvalue weighted by molar-refractivity contribution is 6.40. The van der Waals surface area contributed by atoms with Gasteiger partial charge < -0.3 is 4.98 Å². The molecule has 0 unspecified atom stereocenters. The van der Waals surface area contributed by atoms with E-state index in [1.54, 1.807) is 6.20 Å². The Morgan fingerprint density at radius 1 is 1.29 bits per heavy atom. The van der Waals surface area contributed by atoms with Gasteiger partial charge in [-0.15, -0.1) is 23.2 Å².